The number of hydrogen-bond donors (Lipinski definition) is 2. The number of anilines is 1. The number of benzene rings is 2. The van der Waals surface area contributed by atoms with Crippen LogP contribution in [0.3, 0.4) is 0 Å². The van der Waals surface area contributed by atoms with Gasteiger partial charge in [-0.15, -0.1) is 0 Å². The lowest BCUT2D eigenvalue weighted by atomic mass is 10.1. The molecule has 2 aromatic carbocycles. The minimum Gasteiger partial charge on any atom is -0.497 e. The number of carbonyl (C=O) groups is 1. The summed E-state index contributed by atoms with van der Waals surface area (Å²) in [4.78, 5) is 12.0. The van der Waals surface area contributed by atoms with Gasteiger partial charge >= 0.3 is 6.03 Å². The Morgan fingerprint density at radius 3 is 2.56 bits per heavy atom. The highest BCUT2D eigenvalue weighted by Gasteiger charge is 2.09. The summed E-state index contributed by atoms with van der Waals surface area (Å²) in [6, 6.07) is 12.7. The molecule has 0 unspecified atom stereocenters. The van der Waals surface area contributed by atoms with E-state index in [9.17, 15) is 4.79 Å². The molecule has 0 aliphatic heterocycles. The molecule has 0 bridgehead atoms. The van der Waals surface area contributed by atoms with Crippen LogP contribution in [0.5, 0.6) is 17.2 Å². The third-order valence-electron chi connectivity index (χ3n) is 3.65. The fourth-order valence-corrected chi connectivity index (χ4v) is 2.34. The lowest BCUT2D eigenvalue weighted by Crippen LogP contribution is -2.32. The van der Waals surface area contributed by atoms with Gasteiger partial charge in [0.2, 0.25) is 0 Å². The summed E-state index contributed by atoms with van der Waals surface area (Å²) in [6.45, 7) is 2.85. The van der Waals surface area contributed by atoms with Gasteiger partial charge in [0, 0.05) is 6.07 Å². The Morgan fingerprint density at radius 2 is 1.84 bits per heavy atom. The zero-order chi connectivity index (χ0) is 18.1. The van der Waals surface area contributed by atoms with E-state index >= 15 is 0 Å². The van der Waals surface area contributed by atoms with Crippen molar-refractivity contribution in [2.45, 2.75) is 13.3 Å². The fourth-order valence-electron chi connectivity index (χ4n) is 2.34. The monoisotopic (exact) mass is 344 g/mol. The number of aryl methyl sites for hydroxylation is 1. The quantitative estimate of drug-likeness (QED) is 0.720. The van der Waals surface area contributed by atoms with Crippen molar-refractivity contribution < 1.29 is 19.0 Å². The maximum Gasteiger partial charge on any atom is 0.319 e. The van der Waals surface area contributed by atoms with E-state index in [1.807, 2.05) is 24.3 Å². The van der Waals surface area contributed by atoms with E-state index in [0.717, 1.165) is 17.7 Å². The van der Waals surface area contributed by atoms with E-state index in [0.29, 0.717) is 30.3 Å². The predicted molar refractivity (Wildman–Crippen MR) is 97.9 cm³/mol. The molecule has 0 saturated heterocycles. The summed E-state index contributed by atoms with van der Waals surface area (Å²) in [5.41, 5.74) is 1.68. The van der Waals surface area contributed by atoms with E-state index in [-0.39, 0.29) is 6.03 Å². The number of amides is 2. The highest BCUT2D eigenvalue weighted by atomic mass is 16.5. The number of methoxy groups -OCH3 is 2. The van der Waals surface area contributed by atoms with Gasteiger partial charge in [-0.3, -0.25) is 0 Å². The number of carbonyl (C=O) groups excluding carboxylic acids is 1. The average Bonchev–Trinajstić information content (AvgIpc) is 2.65. The molecule has 134 valence electrons. The van der Waals surface area contributed by atoms with Crippen LogP contribution in [0.15, 0.2) is 42.5 Å². The zero-order valence-electron chi connectivity index (χ0n) is 14.8. The maximum atomic E-state index is 12.0. The van der Waals surface area contributed by atoms with Crippen molar-refractivity contribution in [3.05, 3.63) is 48.0 Å². The highest BCUT2D eigenvalue weighted by molar-refractivity contribution is 5.91. The minimum absolute atomic E-state index is 0.334. The molecular weight excluding hydrogens is 320 g/mol. The van der Waals surface area contributed by atoms with Gasteiger partial charge < -0.3 is 24.8 Å². The molecule has 0 spiro atoms. The van der Waals surface area contributed by atoms with Gasteiger partial charge in [0.15, 0.2) is 0 Å². The number of para-hydroxylation sites is 1. The molecule has 0 heterocycles. The molecule has 0 atom stereocenters. The van der Waals surface area contributed by atoms with Gasteiger partial charge in [-0.1, -0.05) is 25.1 Å². The van der Waals surface area contributed by atoms with Crippen LogP contribution in [0.2, 0.25) is 0 Å². The molecule has 6 heteroatoms. The van der Waals surface area contributed by atoms with E-state index in [1.54, 1.807) is 32.4 Å². The Morgan fingerprint density at radius 1 is 1.04 bits per heavy atom. The predicted octanol–water partition coefficient (Wildman–Crippen LogP) is 3.47. The third kappa shape index (κ3) is 5.31. The molecule has 0 aliphatic carbocycles. The largest absolute Gasteiger partial charge is 0.497 e. The van der Waals surface area contributed by atoms with Crippen molar-refractivity contribution in [3.63, 3.8) is 0 Å². The lowest BCUT2D eigenvalue weighted by molar-refractivity contribution is 0.247. The first-order chi connectivity index (χ1) is 12.2. The average molecular weight is 344 g/mol. The number of rotatable bonds is 8. The van der Waals surface area contributed by atoms with Crippen molar-refractivity contribution in [3.8, 4) is 17.2 Å². The molecule has 0 fully saturated rings. The molecule has 0 radical (unpaired) electrons. The van der Waals surface area contributed by atoms with E-state index in [2.05, 4.69) is 17.6 Å². The summed E-state index contributed by atoms with van der Waals surface area (Å²) in [5, 5.41) is 5.50. The fraction of sp³-hybridized carbons (Fsp3) is 0.316. The first-order valence-corrected chi connectivity index (χ1v) is 8.15. The Hall–Kier alpha value is -2.89. The Labute approximate surface area is 148 Å². The Balaban J connectivity index is 1.83. The molecule has 2 amide bonds. The van der Waals surface area contributed by atoms with E-state index < -0.39 is 0 Å². The van der Waals surface area contributed by atoms with E-state index in [1.165, 1.54) is 0 Å². The summed E-state index contributed by atoms with van der Waals surface area (Å²) in [6.07, 6.45) is 0.903. The highest BCUT2D eigenvalue weighted by Crippen LogP contribution is 2.28. The molecule has 0 saturated carbocycles. The van der Waals surface area contributed by atoms with Crippen LogP contribution < -0.4 is 24.8 Å². The van der Waals surface area contributed by atoms with Gasteiger partial charge in [0.25, 0.3) is 0 Å². The minimum atomic E-state index is -0.334. The standard InChI is InChI=1S/C19H24N2O4/c1-4-14-7-5-6-8-17(14)25-12-11-20-19(22)21-16-13-15(23-2)9-10-18(16)24-3/h5-10,13H,4,11-12H2,1-3H3,(H2,20,21,22). The van der Waals surface area contributed by atoms with Crippen LogP contribution in [0.4, 0.5) is 10.5 Å². The van der Waals surface area contributed by atoms with Crippen molar-refractivity contribution in [2.24, 2.45) is 0 Å². The number of hydrogen-bond acceptors (Lipinski definition) is 4. The van der Waals surface area contributed by atoms with Gasteiger partial charge in [-0.2, -0.15) is 0 Å². The number of urea groups is 1. The molecule has 0 aliphatic rings. The van der Waals surface area contributed by atoms with Crippen LogP contribution in [0.25, 0.3) is 0 Å². The molecule has 25 heavy (non-hydrogen) atoms. The normalized spacial score (nSPS) is 10.0. The Kier molecular flexibility index (Phi) is 6.95. The van der Waals surface area contributed by atoms with E-state index in [4.69, 9.17) is 14.2 Å². The lowest BCUT2D eigenvalue weighted by Gasteiger charge is -2.13. The number of nitrogens with one attached hydrogen (secondary N) is 2. The van der Waals surface area contributed by atoms with Gasteiger partial charge in [0.1, 0.15) is 23.9 Å². The summed E-state index contributed by atoms with van der Waals surface area (Å²) < 4.78 is 16.1. The van der Waals surface area contributed by atoms with Crippen molar-refractivity contribution in [2.75, 3.05) is 32.7 Å². The Bertz CT molecular complexity index is 704. The number of ether oxygens (including phenoxy) is 3. The molecule has 6 nitrogen and oxygen atoms in total. The van der Waals surface area contributed by atoms with Crippen LogP contribution in [-0.2, 0) is 6.42 Å². The maximum absolute atomic E-state index is 12.0. The second-order valence-corrected chi connectivity index (χ2v) is 5.26. The summed E-state index contributed by atoms with van der Waals surface area (Å²) >= 11 is 0. The molecule has 2 N–H and O–H groups in total. The second kappa shape index (κ2) is 9.42. The van der Waals surface area contributed by atoms with Gasteiger partial charge in [0.05, 0.1) is 26.5 Å². The van der Waals surface area contributed by atoms with Crippen molar-refractivity contribution in [1.29, 1.82) is 0 Å². The van der Waals surface area contributed by atoms with Gasteiger partial charge in [-0.25, -0.2) is 4.79 Å². The SMILES string of the molecule is CCc1ccccc1OCCNC(=O)Nc1cc(OC)ccc1OC. The molecule has 0 aromatic heterocycles. The van der Waals surface area contributed by atoms with Crippen LogP contribution in [0, 0.1) is 0 Å². The van der Waals surface area contributed by atoms with Crippen LogP contribution in [-0.4, -0.2) is 33.4 Å². The summed E-state index contributed by atoms with van der Waals surface area (Å²) in [5.74, 6) is 2.04. The third-order valence-corrected chi connectivity index (χ3v) is 3.65. The zero-order valence-corrected chi connectivity index (χ0v) is 14.8. The smallest absolute Gasteiger partial charge is 0.319 e. The molecule has 2 aromatic rings. The van der Waals surface area contributed by atoms with Crippen LogP contribution in [0.1, 0.15) is 12.5 Å². The van der Waals surface area contributed by atoms with Gasteiger partial charge in [-0.05, 0) is 30.2 Å². The first-order valence-electron chi connectivity index (χ1n) is 8.15. The molecule has 2 rings (SSSR count). The van der Waals surface area contributed by atoms with Crippen molar-refractivity contribution in [1.82, 2.24) is 5.32 Å². The first kappa shape index (κ1) is 18.4. The second-order valence-electron chi connectivity index (χ2n) is 5.26. The summed E-state index contributed by atoms with van der Waals surface area (Å²) in [7, 11) is 3.11. The topological polar surface area (TPSA) is 68.8 Å². The molecular formula is C19H24N2O4. The van der Waals surface area contributed by atoms with Crippen molar-refractivity contribution >= 4 is 11.7 Å². The van der Waals surface area contributed by atoms with Crippen LogP contribution >= 0.6 is 0 Å².